The zero-order valence-corrected chi connectivity index (χ0v) is 50.9. The molecule has 10 rings (SSSR count). The van der Waals surface area contributed by atoms with Gasteiger partial charge in [0.05, 0.1) is 69.8 Å². The first-order valence-electron chi connectivity index (χ1n) is 28.5. The van der Waals surface area contributed by atoms with E-state index in [0.29, 0.717) is 123 Å². The molecule has 8 heterocycles. The standard InChI is InChI=1S/C27H28F3N5O5.C26H27F3N4O3.C9H11BrN2O2/c1-17-22(14-21(15-32-17)33-24(36)18-4-3-5-20(12-18)27(28,29)30)19-13-23(34-8-10-40-11-9-34)25(37)35(16-19)7-6-31-26(38)39-2;1-17-22(20-14-23(32-7-9-36-10-8-32)25(35)33(16-20)6-5-30)13-19(15-31-17)24(34)12-18-3-2-4-21(11-18)26(27,28)29;10-7-5-8(9(13)11-6-7)12-1-3-14-4-2-12/h3-5,12-16H,6-11H2,1-2H3,(H,31,38)(H,33,36);2-4,11,13-16H,5-10,12,30H2,1H3;5-6H,1-4H2,(H,11,13). The summed E-state index contributed by atoms with van der Waals surface area (Å²) in [5.41, 5.74) is 9.70. The van der Waals surface area contributed by atoms with Crippen molar-refractivity contribution in [1.29, 1.82) is 0 Å². The lowest BCUT2D eigenvalue weighted by Crippen LogP contribution is -2.41. The molecule has 2 amide bonds. The molecule has 2 aromatic carbocycles. The fourth-order valence-electron chi connectivity index (χ4n) is 9.96. The number of H-pyrrole nitrogens is 1. The van der Waals surface area contributed by atoms with Crippen LogP contribution < -0.4 is 47.7 Å². The number of morpholine rings is 3. The summed E-state index contributed by atoms with van der Waals surface area (Å²) in [4.78, 5) is 92.5. The van der Waals surface area contributed by atoms with Crippen molar-refractivity contribution in [2.24, 2.45) is 5.73 Å². The Kier molecular flexibility index (Phi) is 22.9. The molecule has 0 saturated carbocycles. The number of alkyl halides is 6. The van der Waals surface area contributed by atoms with Gasteiger partial charge in [-0.25, -0.2) is 4.79 Å². The minimum Gasteiger partial charge on any atom is -0.453 e. The molecule has 0 bridgehead atoms. The van der Waals surface area contributed by atoms with E-state index in [9.17, 15) is 55.1 Å². The maximum absolute atomic E-state index is 13.3. The molecule has 0 atom stereocenters. The first-order valence-corrected chi connectivity index (χ1v) is 29.3. The van der Waals surface area contributed by atoms with Gasteiger partial charge in [-0.1, -0.05) is 24.3 Å². The van der Waals surface area contributed by atoms with Crippen LogP contribution in [-0.2, 0) is 50.8 Å². The number of hydrogen-bond acceptors (Lipinski definition) is 16. The molecule has 5 N–H and O–H groups in total. The molecule has 28 heteroatoms. The largest absolute Gasteiger partial charge is 0.453 e. The van der Waals surface area contributed by atoms with Crippen LogP contribution >= 0.6 is 15.9 Å². The topological polar surface area (TPSA) is 251 Å². The predicted molar refractivity (Wildman–Crippen MR) is 330 cm³/mol. The summed E-state index contributed by atoms with van der Waals surface area (Å²) < 4.78 is 103. The van der Waals surface area contributed by atoms with Gasteiger partial charge in [0.15, 0.2) is 5.78 Å². The first kappa shape index (κ1) is 67.2. The molecule has 5 aromatic heterocycles. The van der Waals surface area contributed by atoms with Crippen LogP contribution in [0, 0.1) is 13.8 Å². The molecule has 0 aliphatic carbocycles. The van der Waals surface area contributed by atoms with Crippen LogP contribution in [0.2, 0.25) is 0 Å². The third kappa shape index (κ3) is 17.8. The fraction of sp³-hybridized carbons (Fsp3) is 0.355. The Morgan fingerprint density at radius 1 is 0.656 bits per heavy atom. The number of anilines is 4. The maximum atomic E-state index is 13.3. The number of nitrogens with zero attached hydrogens (tertiary/aromatic N) is 7. The highest BCUT2D eigenvalue weighted by Crippen LogP contribution is 2.33. The van der Waals surface area contributed by atoms with E-state index in [1.165, 1.54) is 48.3 Å². The molecule has 90 heavy (non-hydrogen) atoms. The Bertz CT molecular complexity index is 3860. The number of aryl methyl sites for hydroxylation is 2. The number of aromatic nitrogens is 5. The van der Waals surface area contributed by atoms with Crippen molar-refractivity contribution in [3.63, 3.8) is 0 Å². The number of hydrogen-bond donors (Lipinski definition) is 4. The Labute approximate surface area is 520 Å². The van der Waals surface area contributed by atoms with Gasteiger partial charge >= 0.3 is 18.4 Å². The third-order valence-electron chi connectivity index (χ3n) is 14.7. The van der Waals surface area contributed by atoms with Crippen molar-refractivity contribution in [1.82, 2.24) is 29.4 Å². The maximum Gasteiger partial charge on any atom is 0.416 e. The average molecular weight is 1320 g/mol. The number of carbonyl (C=O) groups is 3. The van der Waals surface area contributed by atoms with Crippen molar-refractivity contribution in [2.45, 2.75) is 45.7 Å². The average Bonchev–Trinajstić information content (AvgIpc) is 2.56. The number of methoxy groups -OCH3 is 1. The summed E-state index contributed by atoms with van der Waals surface area (Å²) in [5.74, 6) is -1.08. The molecular weight excluding hydrogens is 1250 g/mol. The van der Waals surface area contributed by atoms with Crippen LogP contribution in [0.1, 0.15) is 48.8 Å². The number of benzene rings is 2. The number of ether oxygens (including phenoxy) is 4. The highest BCUT2D eigenvalue weighted by atomic mass is 79.9. The summed E-state index contributed by atoms with van der Waals surface area (Å²) in [6.45, 7) is 11.5. The molecule has 3 fully saturated rings. The molecule has 7 aromatic rings. The van der Waals surface area contributed by atoms with Gasteiger partial charge in [-0.3, -0.25) is 33.9 Å². The second-order valence-electron chi connectivity index (χ2n) is 20.8. The van der Waals surface area contributed by atoms with Gasteiger partial charge in [0.2, 0.25) is 0 Å². The van der Waals surface area contributed by atoms with E-state index in [1.807, 2.05) is 20.8 Å². The Morgan fingerprint density at radius 2 is 1.17 bits per heavy atom. The predicted octanol–water partition coefficient (Wildman–Crippen LogP) is 8.11. The van der Waals surface area contributed by atoms with Gasteiger partial charge in [0, 0.05) is 146 Å². The number of ketones is 1. The van der Waals surface area contributed by atoms with Gasteiger partial charge in [0.25, 0.3) is 22.6 Å². The van der Waals surface area contributed by atoms with Crippen molar-refractivity contribution < 1.29 is 59.7 Å². The Hall–Kier alpha value is -8.70. The normalized spacial score (nSPS) is 14.4. The summed E-state index contributed by atoms with van der Waals surface area (Å²) in [6.07, 6.45) is -2.08. The minimum absolute atomic E-state index is 0.0462. The second kappa shape index (κ2) is 30.7. The molecule has 3 saturated heterocycles. The van der Waals surface area contributed by atoms with E-state index in [2.05, 4.69) is 46.3 Å². The highest BCUT2D eigenvalue weighted by molar-refractivity contribution is 9.10. The van der Waals surface area contributed by atoms with Gasteiger partial charge < -0.3 is 64.1 Å². The number of halogens is 7. The number of alkyl carbamates (subject to hydrolysis) is 1. The quantitative estimate of drug-likeness (QED) is 0.0559. The van der Waals surface area contributed by atoms with E-state index in [0.717, 1.165) is 41.8 Å². The summed E-state index contributed by atoms with van der Waals surface area (Å²) >= 11 is 3.33. The zero-order chi connectivity index (χ0) is 64.7. The minimum atomic E-state index is -4.58. The Morgan fingerprint density at radius 3 is 1.71 bits per heavy atom. The lowest BCUT2D eigenvalue weighted by molar-refractivity contribution is -0.138. The van der Waals surface area contributed by atoms with Crippen molar-refractivity contribution in [3.8, 4) is 22.3 Å². The number of Topliss-reactive ketones (excluding diaryl/α,β-unsaturated/α-hetero) is 1. The number of aromatic amines is 1. The van der Waals surface area contributed by atoms with Crippen LogP contribution in [0.15, 0.2) is 129 Å². The number of carbonyl (C=O) groups excluding carboxylic acids is 3. The number of rotatable bonds is 15. The van der Waals surface area contributed by atoms with E-state index < -0.39 is 35.5 Å². The molecule has 3 aliphatic rings. The summed E-state index contributed by atoms with van der Waals surface area (Å²) in [7, 11) is 1.24. The van der Waals surface area contributed by atoms with Gasteiger partial charge in [-0.05, 0) is 89.9 Å². The van der Waals surface area contributed by atoms with E-state index in [4.69, 9.17) is 19.9 Å². The number of amides is 2. The number of nitrogens with one attached hydrogen (secondary N) is 3. The van der Waals surface area contributed by atoms with E-state index in [-0.39, 0.29) is 70.9 Å². The summed E-state index contributed by atoms with van der Waals surface area (Å²) in [6, 6.07) is 17.6. The zero-order valence-electron chi connectivity index (χ0n) is 49.3. The lowest BCUT2D eigenvalue weighted by atomic mass is 9.98. The van der Waals surface area contributed by atoms with Crippen LogP contribution in [0.5, 0.6) is 0 Å². The summed E-state index contributed by atoms with van der Waals surface area (Å²) in [5, 5.41) is 5.16. The van der Waals surface area contributed by atoms with Crippen molar-refractivity contribution in [2.75, 3.05) is 119 Å². The van der Waals surface area contributed by atoms with Crippen LogP contribution in [0.3, 0.4) is 0 Å². The van der Waals surface area contributed by atoms with Crippen LogP contribution in [-0.4, -0.2) is 141 Å². The molecule has 478 valence electrons. The van der Waals surface area contributed by atoms with Gasteiger partial charge in [-0.15, -0.1) is 0 Å². The Balaban J connectivity index is 0.000000192. The van der Waals surface area contributed by atoms with Gasteiger partial charge in [-0.2, -0.15) is 26.3 Å². The molecule has 21 nitrogen and oxygen atoms in total. The van der Waals surface area contributed by atoms with Crippen molar-refractivity contribution in [3.05, 3.63) is 185 Å². The molecule has 0 radical (unpaired) electrons. The smallest absolute Gasteiger partial charge is 0.416 e. The lowest BCUT2D eigenvalue weighted by Gasteiger charge is -2.29. The number of pyridine rings is 5. The highest BCUT2D eigenvalue weighted by Gasteiger charge is 2.32. The van der Waals surface area contributed by atoms with E-state index in [1.54, 1.807) is 61.3 Å². The molecule has 3 aliphatic heterocycles. The van der Waals surface area contributed by atoms with Crippen molar-refractivity contribution >= 4 is 56.5 Å². The number of nitrogens with two attached hydrogens (primary N) is 1. The fourth-order valence-corrected chi connectivity index (χ4v) is 10.3. The van der Waals surface area contributed by atoms with E-state index >= 15 is 0 Å². The van der Waals surface area contributed by atoms with Crippen LogP contribution in [0.4, 0.5) is 53.9 Å². The second-order valence-corrected chi connectivity index (χ2v) is 21.7. The first-order chi connectivity index (χ1) is 43.0. The van der Waals surface area contributed by atoms with Gasteiger partial charge in [0.1, 0.15) is 17.1 Å². The molecular formula is C62H66BrF6N11O10. The molecule has 0 spiro atoms. The SMILES string of the molecule is COC(=O)NCCn1cc(-c2cc(NC(=O)c3cccc(C(F)(F)F)c3)cnc2C)cc(N2CCOCC2)c1=O.Cc1ncc(C(=O)Cc2cccc(C(F)(F)F)c2)cc1-c1cc(N2CCOCC2)c(=O)n(CCN)c1.O=c1[nH]cc(Br)cc1N1CCOCC1. The monoisotopic (exact) mass is 1320 g/mol. The molecule has 0 unspecified atom stereocenters. The van der Waals surface area contributed by atoms with Crippen LogP contribution in [0.25, 0.3) is 22.3 Å². The third-order valence-corrected chi connectivity index (χ3v) is 15.1.